The van der Waals surface area contributed by atoms with Crippen LogP contribution in [0.5, 0.6) is 0 Å². The molecule has 8 heteroatoms. The molecule has 90 valence electrons. The summed E-state index contributed by atoms with van der Waals surface area (Å²) in [4.78, 5) is 11.6. The molecule has 1 heterocycles. The predicted molar refractivity (Wildman–Crippen MR) is 64.8 cm³/mol. The first-order valence-electron chi connectivity index (χ1n) is 4.35. The summed E-state index contributed by atoms with van der Waals surface area (Å²) in [6.07, 6.45) is 1.06. The molecule has 0 aliphatic rings. The Balaban J connectivity index is 3.51. The van der Waals surface area contributed by atoms with Crippen LogP contribution in [0, 0.1) is 0 Å². The summed E-state index contributed by atoms with van der Waals surface area (Å²) in [5, 5.41) is 5.50. The zero-order chi connectivity index (χ0) is 12.5. The van der Waals surface area contributed by atoms with Crippen LogP contribution in [-0.2, 0) is 9.84 Å². The molecule has 0 aromatic carbocycles. The van der Waals surface area contributed by atoms with Crippen LogP contribution in [0.15, 0.2) is 4.90 Å². The molecule has 0 aliphatic carbocycles. The van der Waals surface area contributed by atoms with Crippen LogP contribution in [0.25, 0.3) is 0 Å². The molecule has 6 nitrogen and oxygen atoms in total. The van der Waals surface area contributed by atoms with E-state index >= 15 is 0 Å². The summed E-state index contributed by atoms with van der Waals surface area (Å²) in [6.45, 7) is 0. The smallest absolute Gasteiger partial charge is 0.263 e. The fourth-order valence-corrected chi connectivity index (χ4v) is 3.74. The monoisotopic (exact) mass is 263 g/mol. The van der Waals surface area contributed by atoms with Gasteiger partial charge in [-0.15, -0.1) is 11.3 Å². The highest BCUT2D eigenvalue weighted by molar-refractivity contribution is 7.91. The molecule has 0 saturated heterocycles. The van der Waals surface area contributed by atoms with E-state index in [-0.39, 0.29) is 15.5 Å². The van der Waals surface area contributed by atoms with Gasteiger partial charge in [-0.05, 0) is 0 Å². The highest BCUT2D eigenvalue weighted by Gasteiger charge is 2.25. The lowest BCUT2D eigenvalue weighted by molar-refractivity contribution is 0.0968. The van der Waals surface area contributed by atoms with Gasteiger partial charge >= 0.3 is 0 Å². The minimum absolute atomic E-state index is 0.00352. The highest BCUT2D eigenvalue weighted by atomic mass is 32.2. The van der Waals surface area contributed by atoms with Crippen molar-refractivity contribution >= 4 is 37.8 Å². The average molecular weight is 263 g/mol. The Labute approximate surface area is 97.8 Å². The zero-order valence-electron chi connectivity index (χ0n) is 9.12. The first kappa shape index (κ1) is 12.8. The van der Waals surface area contributed by atoms with E-state index in [4.69, 9.17) is 5.73 Å². The first-order valence-corrected chi connectivity index (χ1v) is 7.05. The van der Waals surface area contributed by atoms with E-state index in [9.17, 15) is 13.2 Å². The van der Waals surface area contributed by atoms with Crippen molar-refractivity contribution in [1.29, 1.82) is 0 Å². The van der Waals surface area contributed by atoms with Crippen LogP contribution >= 0.6 is 11.3 Å². The van der Waals surface area contributed by atoms with Crippen LogP contribution < -0.4 is 16.4 Å². The van der Waals surface area contributed by atoms with E-state index in [1.54, 1.807) is 7.05 Å². The first-order chi connectivity index (χ1) is 7.32. The summed E-state index contributed by atoms with van der Waals surface area (Å²) in [5.74, 6) is -0.395. The van der Waals surface area contributed by atoms with Gasteiger partial charge in [0, 0.05) is 20.4 Å². The predicted octanol–water partition coefficient (Wildman–Crippen LogP) is 0.135. The summed E-state index contributed by atoms with van der Waals surface area (Å²) in [5.41, 5.74) is 5.67. The van der Waals surface area contributed by atoms with E-state index in [1.165, 1.54) is 7.05 Å². The number of carbonyl (C=O) groups is 1. The second-order valence-corrected chi connectivity index (χ2v) is 6.08. The Bertz CT molecular complexity index is 519. The lowest BCUT2D eigenvalue weighted by atomic mass is 10.4. The molecule has 0 radical (unpaired) electrons. The number of hydrogen-bond acceptors (Lipinski definition) is 6. The lowest BCUT2D eigenvalue weighted by Gasteiger charge is -2.01. The van der Waals surface area contributed by atoms with Crippen molar-refractivity contribution < 1.29 is 13.2 Å². The molecule has 1 rings (SSSR count). The Morgan fingerprint density at radius 1 is 1.38 bits per heavy atom. The molecule has 1 aromatic rings. The standard InChI is InChI=1S/C8H13N3O3S2/c1-10-7(12)5-4(9)6(16(3,13)14)8(11-2)15-5/h11H,9H2,1-3H3,(H,10,12). The maximum atomic E-state index is 11.5. The van der Waals surface area contributed by atoms with E-state index in [0.717, 1.165) is 17.6 Å². The third-order valence-electron chi connectivity index (χ3n) is 1.93. The zero-order valence-corrected chi connectivity index (χ0v) is 10.8. The van der Waals surface area contributed by atoms with Gasteiger partial charge in [-0.3, -0.25) is 4.79 Å². The van der Waals surface area contributed by atoms with Gasteiger partial charge in [-0.1, -0.05) is 0 Å². The van der Waals surface area contributed by atoms with Crippen LogP contribution in [-0.4, -0.2) is 34.7 Å². The Hall–Kier alpha value is -1.28. The number of nitrogen functional groups attached to an aromatic ring is 1. The SMILES string of the molecule is CNC(=O)c1sc(NC)c(S(C)(=O)=O)c1N. The van der Waals surface area contributed by atoms with Crippen molar-refractivity contribution in [3.05, 3.63) is 4.88 Å². The normalized spacial score (nSPS) is 11.2. The molecular weight excluding hydrogens is 250 g/mol. The molecule has 0 unspecified atom stereocenters. The molecule has 1 amide bonds. The molecule has 16 heavy (non-hydrogen) atoms. The summed E-state index contributed by atoms with van der Waals surface area (Å²) in [6, 6.07) is 0. The van der Waals surface area contributed by atoms with Crippen molar-refractivity contribution in [3.63, 3.8) is 0 Å². The van der Waals surface area contributed by atoms with Crippen LogP contribution in [0.4, 0.5) is 10.7 Å². The number of anilines is 2. The molecule has 0 fully saturated rings. The van der Waals surface area contributed by atoms with Gasteiger partial charge in [0.1, 0.15) is 14.8 Å². The Kier molecular flexibility index (Phi) is 3.44. The second kappa shape index (κ2) is 4.30. The van der Waals surface area contributed by atoms with Gasteiger partial charge in [0.05, 0.1) is 5.69 Å². The van der Waals surface area contributed by atoms with E-state index in [2.05, 4.69) is 10.6 Å². The molecule has 0 atom stereocenters. The molecule has 4 N–H and O–H groups in total. The molecule has 1 aromatic heterocycles. The topological polar surface area (TPSA) is 101 Å². The number of nitrogens with two attached hydrogens (primary N) is 1. The average Bonchev–Trinajstić information content (AvgIpc) is 2.53. The van der Waals surface area contributed by atoms with Crippen molar-refractivity contribution in [2.24, 2.45) is 0 Å². The Morgan fingerprint density at radius 3 is 2.25 bits per heavy atom. The number of carbonyl (C=O) groups excluding carboxylic acids is 1. The quantitative estimate of drug-likeness (QED) is 0.720. The summed E-state index contributed by atoms with van der Waals surface area (Å²) >= 11 is 1.02. The fraction of sp³-hybridized carbons (Fsp3) is 0.375. The second-order valence-electron chi connectivity index (χ2n) is 3.10. The molecular formula is C8H13N3O3S2. The van der Waals surface area contributed by atoms with E-state index in [0.29, 0.717) is 5.00 Å². The molecule has 0 spiro atoms. The molecule has 0 aliphatic heterocycles. The number of sulfone groups is 1. The maximum absolute atomic E-state index is 11.5. The van der Waals surface area contributed by atoms with Gasteiger partial charge in [-0.2, -0.15) is 0 Å². The van der Waals surface area contributed by atoms with E-state index in [1.807, 2.05) is 0 Å². The summed E-state index contributed by atoms with van der Waals surface area (Å²) in [7, 11) is -0.418. The molecule has 0 saturated carbocycles. The van der Waals surface area contributed by atoms with Crippen molar-refractivity contribution in [3.8, 4) is 0 Å². The fourth-order valence-electron chi connectivity index (χ4n) is 1.24. The number of amides is 1. The third-order valence-corrected chi connectivity index (χ3v) is 4.45. The van der Waals surface area contributed by atoms with E-state index < -0.39 is 15.7 Å². The van der Waals surface area contributed by atoms with Gasteiger partial charge < -0.3 is 16.4 Å². The minimum Gasteiger partial charge on any atom is -0.396 e. The number of rotatable bonds is 3. The van der Waals surface area contributed by atoms with Gasteiger partial charge in [-0.25, -0.2) is 8.42 Å². The maximum Gasteiger partial charge on any atom is 0.263 e. The highest BCUT2D eigenvalue weighted by Crippen LogP contribution is 2.38. The number of hydrogen-bond donors (Lipinski definition) is 3. The van der Waals surface area contributed by atoms with Crippen LogP contribution in [0.3, 0.4) is 0 Å². The van der Waals surface area contributed by atoms with Crippen molar-refractivity contribution in [2.75, 3.05) is 31.4 Å². The minimum atomic E-state index is -3.45. The lowest BCUT2D eigenvalue weighted by Crippen LogP contribution is -2.18. The number of nitrogens with one attached hydrogen (secondary N) is 2. The van der Waals surface area contributed by atoms with Crippen molar-refractivity contribution in [2.45, 2.75) is 4.90 Å². The van der Waals surface area contributed by atoms with Gasteiger partial charge in [0.2, 0.25) is 0 Å². The Morgan fingerprint density at radius 2 is 1.94 bits per heavy atom. The third kappa shape index (κ3) is 2.12. The van der Waals surface area contributed by atoms with Crippen molar-refractivity contribution in [1.82, 2.24) is 5.32 Å². The largest absolute Gasteiger partial charge is 0.396 e. The van der Waals surface area contributed by atoms with Crippen LogP contribution in [0.1, 0.15) is 9.67 Å². The van der Waals surface area contributed by atoms with Gasteiger partial charge in [0.15, 0.2) is 9.84 Å². The van der Waals surface area contributed by atoms with Crippen LogP contribution in [0.2, 0.25) is 0 Å². The van der Waals surface area contributed by atoms with Gasteiger partial charge in [0.25, 0.3) is 5.91 Å². The summed E-state index contributed by atoms with van der Waals surface area (Å²) < 4.78 is 23.0. The molecule has 0 bridgehead atoms. The number of thiophene rings is 1.